The third-order valence-electron chi connectivity index (χ3n) is 2.72. The number of nitro benzene ring substituents is 1. The number of rotatable bonds is 7. The molecule has 1 N–H and O–H groups in total. The molecule has 0 heterocycles. The van der Waals surface area contributed by atoms with E-state index in [2.05, 4.69) is 5.32 Å². The highest BCUT2D eigenvalue weighted by molar-refractivity contribution is 5.94. The van der Waals surface area contributed by atoms with Gasteiger partial charge in [0.05, 0.1) is 4.92 Å². The zero-order valence-corrected chi connectivity index (χ0v) is 11.6. The lowest BCUT2D eigenvalue weighted by Gasteiger charge is -2.09. The van der Waals surface area contributed by atoms with Crippen LogP contribution >= 0.6 is 0 Å². The number of carbonyl (C=O) groups excluding carboxylic acids is 1. The first-order valence-corrected chi connectivity index (χ1v) is 6.28. The second-order valence-corrected chi connectivity index (χ2v) is 4.69. The lowest BCUT2D eigenvalue weighted by Crippen LogP contribution is -2.25. The van der Waals surface area contributed by atoms with E-state index in [-0.39, 0.29) is 5.56 Å². The maximum absolute atomic E-state index is 13.4. The van der Waals surface area contributed by atoms with Crippen LogP contribution in [0.25, 0.3) is 0 Å². The Morgan fingerprint density at radius 3 is 2.65 bits per heavy atom. The summed E-state index contributed by atoms with van der Waals surface area (Å²) in [5.74, 6) is -1.43. The minimum absolute atomic E-state index is 0.0840. The van der Waals surface area contributed by atoms with Crippen molar-refractivity contribution >= 4 is 11.6 Å². The molecular formula is C13H18FN3O3. The minimum Gasteiger partial charge on any atom is -0.352 e. The molecule has 0 aromatic heterocycles. The highest BCUT2D eigenvalue weighted by Crippen LogP contribution is 2.17. The highest BCUT2D eigenvalue weighted by Gasteiger charge is 2.16. The minimum atomic E-state index is -1.00. The SMILES string of the molecule is CN(C)CCCCNC(=O)c1ccc([N+](=O)[O-])c(F)c1. The lowest BCUT2D eigenvalue weighted by atomic mass is 10.2. The van der Waals surface area contributed by atoms with Gasteiger partial charge in [-0.05, 0) is 45.6 Å². The monoisotopic (exact) mass is 283 g/mol. The molecule has 1 aromatic rings. The van der Waals surface area contributed by atoms with Crippen LogP contribution in [0.15, 0.2) is 18.2 Å². The summed E-state index contributed by atoms with van der Waals surface area (Å²) in [6.07, 6.45) is 1.77. The van der Waals surface area contributed by atoms with Crippen LogP contribution in [-0.4, -0.2) is 42.9 Å². The van der Waals surface area contributed by atoms with Gasteiger partial charge in [0.25, 0.3) is 5.91 Å². The van der Waals surface area contributed by atoms with Crippen molar-refractivity contribution in [3.8, 4) is 0 Å². The van der Waals surface area contributed by atoms with Gasteiger partial charge in [-0.2, -0.15) is 4.39 Å². The topological polar surface area (TPSA) is 75.5 Å². The number of unbranched alkanes of at least 4 members (excludes halogenated alkanes) is 1. The molecule has 0 fully saturated rings. The van der Waals surface area contributed by atoms with E-state index in [1.807, 2.05) is 19.0 Å². The van der Waals surface area contributed by atoms with Crippen LogP contribution in [0.4, 0.5) is 10.1 Å². The van der Waals surface area contributed by atoms with Gasteiger partial charge in [0.15, 0.2) is 0 Å². The van der Waals surface area contributed by atoms with Crippen LogP contribution in [-0.2, 0) is 0 Å². The second kappa shape index (κ2) is 7.54. The third kappa shape index (κ3) is 4.93. The quantitative estimate of drug-likeness (QED) is 0.470. The average molecular weight is 283 g/mol. The molecule has 0 aliphatic rings. The van der Waals surface area contributed by atoms with E-state index in [1.165, 1.54) is 6.07 Å². The molecule has 0 bridgehead atoms. The van der Waals surface area contributed by atoms with E-state index in [4.69, 9.17) is 0 Å². The molecule has 0 aliphatic carbocycles. The summed E-state index contributed by atoms with van der Waals surface area (Å²) in [5.41, 5.74) is -0.548. The lowest BCUT2D eigenvalue weighted by molar-refractivity contribution is -0.387. The number of benzene rings is 1. The fourth-order valence-corrected chi connectivity index (χ4v) is 1.65. The van der Waals surface area contributed by atoms with Crippen LogP contribution < -0.4 is 5.32 Å². The van der Waals surface area contributed by atoms with Crippen LogP contribution in [0.3, 0.4) is 0 Å². The Labute approximate surface area is 116 Å². The molecule has 0 atom stereocenters. The predicted molar refractivity (Wildman–Crippen MR) is 73.2 cm³/mol. The fraction of sp³-hybridized carbons (Fsp3) is 0.462. The summed E-state index contributed by atoms with van der Waals surface area (Å²) in [6.45, 7) is 1.42. The number of nitrogens with one attached hydrogen (secondary N) is 1. The van der Waals surface area contributed by atoms with Crippen molar-refractivity contribution < 1.29 is 14.1 Å². The number of carbonyl (C=O) groups is 1. The third-order valence-corrected chi connectivity index (χ3v) is 2.72. The largest absolute Gasteiger partial charge is 0.352 e. The van der Waals surface area contributed by atoms with Gasteiger partial charge in [-0.1, -0.05) is 0 Å². The first-order chi connectivity index (χ1) is 9.41. The van der Waals surface area contributed by atoms with Gasteiger partial charge >= 0.3 is 5.69 Å². The molecule has 20 heavy (non-hydrogen) atoms. The van der Waals surface area contributed by atoms with Gasteiger partial charge in [0, 0.05) is 18.2 Å². The Bertz CT molecular complexity index is 492. The van der Waals surface area contributed by atoms with E-state index in [1.54, 1.807) is 0 Å². The van der Waals surface area contributed by atoms with Crippen LogP contribution in [0, 0.1) is 15.9 Å². The number of nitrogens with zero attached hydrogens (tertiary/aromatic N) is 2. The maximum Gasteiger partial charge on any atom is 0.304 e. The second-order valence-electron chi connectivity index (χ2n) is 4.69. The summed E-state index contributed by atoms with van der Waals surface area (Å²) in [7, 11) is 3.94. The molecule has 0 spiro atoms. The zero-order chi connectivity index (χ0) is 15.1. The number of amides is 1. The molecule has 7 heteroatoms. The van der Waals surface area contributed by atoms with Gasteiger partial charge in [-0.25, -0.2) is 0 Å². The summed E-state index contributed by atoms with van der Waals surface area (Å²) < 4.78 is 13.4. The Kier molecular flexibility index (Phi) is 6.05. The van der Waals surface area contributed by atoms with Crippen molar-refractivity contribution in [1.29, 1.82) is 0 Å². The van der Waals surface area contributed by atoms with Gasteiger partial charge in [-0.3, -0.25) is 14.9 Å². The van der Waals surface area contributed by atoms with Crippen molar-refractivity contribution in [1.82, 2.24) is 10.2 Å². The number of nitro groups is 1. The molecule has 1 amide bonds. The van der Waals surface area contributed by atoms with Crippen molar-refractivity contribution in [3.05, 3.63) is 39.7 Å². The fourth-order valence-electron chi connectivity index (χ4n) is 1.65. The van der Waals surface area contributed by atoms with E-state index in [0.29, 0.717) is 6.54 Å². The molecule has 0 saturated carbocycles. The van der Waals surface area contributed by atoms with Crippen molar-refractivity contribution in [3.63, 3.8) is 0 Å². The molecule has 1 aromatic carbocycles. The molecule has 0 aliphatic heterocycles. The van der Waals surface area contributed by atoms with Gasteiger partial charge < -0.3 is 10.2 Å². The summed E-state index contributed by atoms with van der Waals surface area (Å²) >= 11 is 0. The van der Waals surface area contributed by atoms with E-state index in [9.17, 15) is 19.3 Å². The first kappa shape index (κ1) is 16.0. The average Bonchev–Trinajstić information content (AvgIpc) is 2.37. The Balaban J connectivity index is 2.48. The van der Waals surface area contributed by atoms with Crippen LogP contribution in [0.1, 0.15) is 23.2 Å². The number of hydrogen-bond donors (Lipinski definition) is 1. The van der Waals surface area contributed by atoms with E-state index < -0.39 is 22.3 Å². The smallest absolute Gasteiger partial charge is 0.304 e. The van der Waals surface area contributed by atoms with Crippen molar-refractivity contribution in [2.75, 3.05) is 27.2 Å². The van der Waals surface area contributed by atoms with Crippen LogP contribution in [0.5, 0.6) is 0 Å². The summed E-state index contributed by atoms with van der Waals surface area (Å²) in [6, 6.07) is 3.12. The van der Waals surface area contributed by atoms with E-state index in [0.717, 1.165) is 31.5 Å². The van der Waals surface area contributed by atoms with Crippen molar-refractivity contribution in [2.24, 2.45) is 0 Å². The summed E-state index contributed by atoms with van der Waals surface area (Å²) in [5, 5.41) is 13.1. The molecular weight excluding hydrogens is 265 g/mol. The molecule has 110 valence electrons. The Morgan fingerprint density at radius 2 is 2.10 bits per heavy atom. The predicted octanol–water partition coefficient (Wildman–Crippen LogP) is 1.81. The molecule has 0 unspecified atom stereocenters. The van der Waals surface area contributed by atoms with E-state index >= 15 is 0 Å². The van der Waals surface area contributed by atoms with Crippen LogP contribution in [0.2, 0.25) is 0 Å². The van der Waals surface area contributed by atoms with Gasteiger partial charge in [0.2, 0.25) is 5.82 Å². The Morgan fingerprint density at radius 1 is 1.40 bits per heavy atom. The number of halogens is 1. The molecule has 6 nitrogen and oxygen atoms in total. The zero-order valence-electron chi connectivity index (χ0n) is 11.6. The Hall–Kier alpha value is -2.02. The van der Waals surface area contributed by atoms with Gasteiger partial charge in [0.1, 0.15) is 0 Å². The molecule has 0 radical (unpaired) electrons. The standard InChI is InChI=1S/C13H18FN3O3/c1-16(2)8-4-3-7-15-13(18)10-5-6-12(17(19)20)11(14)9-10/h5-6,9H,3-4,7-8H2,1-2H3,(H,15,18). The highest BCUT2D eigenvalue weighted by atomic mass is 19.1. The molecule has 0 saturated heterocycles. The van der Waals surface area contributed by atoms with Crippen molar-refractivity contribution in [2.45, 2.75) is 12.8 Å². The molecule has 1 rings (SSSR count). The normalized spacial score (nSPS) is 10.6. The maximum atomic E-state index is 13.4. The summed E-state index contributed by atoms with van der Waals surface area (Å²) in [4.78, 5) is 23.4. The first-order valence-electron chi connectivity index (χ1n) is 6.28. The van der Waals surface area contributed by atoms with Gasteiger partial charge in [-0.15, -0.1) is 0 Å². The number of hydrogen-bond acceptors (Lipinski definition) is 4.